The van der Waals surface area contributed by atoms with Crippen LogP contribution in [0, 0.1) is 6.92 Å². The Morgan fingerprint density at radius 1 is 1.26 bits per heavy atom. The summed E-state index contributed by atoms with van der Waals surface area (Å²) in [4.78, 5) is 11.3. The van der Waals surface area contributed by atoms with Gasteiger partial charge in [-0.15, -0.1) is 0 Å². The number of benzene rings is 2. The van der Waals surface area contributed by atoms with Crippen molar-refractivity contribution in [2.75, 3.05) is 5.73 Å². The Kier molecular flexibility index (Phi) is 8.98. The molecule has 0 heterocycles. The second-order valence-electron chi connectivity index (χ2n) is 4.77. The first-order valence-electron chi connectivity index (χ1n) is 6.27. The van der Waals surface area contributed by atoms with E-state index in [1.807, 2.05) is 31.2 Å². The summed E-state index contributed by atoms with van der Waals surface area (Å²) in [6, 6.07) is 10.9. The van der Waals surface area contributed by atoms with E-state index in [4.69, 9.17) is 29.6 Å². The van der Waals surface area contributed by atoms with Gasteiger partial charge < -0.3 is 21.1 Å². The predicted octanol–water partition coefficient (Wildman–Crippen LogP) is -1.53. The molecule has 4 nitrogen and oxygen atoms in total. The van der Waals surface area contributed by atoms with E-state index >= 15 is 0 Å². The molecule has 0 bridgehead atoms. The number of carbonyl (C=O) groups is 1. The van der Waals surface area contributed by atoms with Crippen molar-refractivity contribution in [3.63, 3.8) is 0 Å². The number of thiocarbonyl (C=S) groups is 1. The zero-order valence-electron chi connectivity index (χ0n) is 12.9. The summed E-state index contributed by atoms with van der Waals surface area (Å²) in [6.07, 6.45) is -0.296. The van der Waals surface area contributed by atoms with Gasteiger partial charge in [0.2, 0.25) is 0 Å². The van der Waals surface area contributed by atoms with Gasteiger partial charge in [0.05, 0.1) is 4.86 Å². The van der Waals surface area contributed by atoms with Crippen LogP contribution in [-0.2, 0) is 11.2 Å². The molecule has 0 aliphatic carbocycles. The van der Waals surface area contributed by atoms with E-state index in [1.165, 1.54) is 6.07 Å². The largest absolute Gasteiger partial charge is 1.00 e. The Labute approximate surface area is 167 Å². The monoisotopic (exact) mass is 359 g/mol. The maximum atomic E-state index is 10.8. The average molecular weight is 360 g/mol. The number of aryl methyl sites for hydroxylation is 1. The van der Waals surface area contributed by atoms with E-state index in [0.29, 0.717) is 26.7 Å². The molecule has 7 heteroatoms. The molecule has 0 fully saturated rings. The first-order chi connectivity index (χ1) is 9.88. The Morgan fingerprint density at radius 3 is 2.35 bits per heavy atom. The molecule has 0 radical (unpaired) electrons. The second-order valence-corrected chi connectivity index (χ2v) is 5.61. The van der Waals surface area contributed by atoms with Crippen LogP contribution in [0.3, 0.4) is 0 Å². The van der Waals surface area contributed by atoms with Crippen molar-refractivity contribution in [2.45, 2.75) is 13.3 Å². The number of carbonyl (C=O) groups excluding carboxylic acids is 1. The summed E-state index contributed by atoms with van der Waals surface area (Å²) in [5.74, 6) is -1.21. The number of carboxylic acid groups (broad SMARTS) is 1. The molecule has 0 atom stereocenters. The van der Waals surface area contributed by atoms with Crippen LogP contribution < -0.4 is 40.4 Å². The molecule has 0 spiro atoms. The normalized spacial score (nSPS) is 9.48. The summed E-state index contributed by atoms with van der Waals surface area (Å²) >= 11 is 11.5. The van der Waals surface area contributed by atoms with Crippen LogP contribution in [0.15, 0.2) is 36.4 Å². The molecule has 4 N–H and O–H groups in total. The van der Waals surface area contributed by atoms with Crippen LogP contribution in [0.4, 0.5) is 5.69 Å². The molecule has 0 aliphatic rings. The first-order valence-corrected chi connectivity index (χ1v) is 7.06. The molecule has 0 aromatic heterocycles. The average Bonchev–Trinajstić information content (AvgIpc) is 2.42. The summed E-state index contributed by atoms with van der Waals surface area (Å²) < 4.78 is 0. The minimum Gasteiger partial charge on any atom is -0.550 e. The number of carboxylic acids is 1. The van der Waals surface area contributed by atoms with E-state index in [1.54, 1.807) is 6.07 Å². The Hall–Kier alpha value is -0.950. The molecule has 2 aromatic rings. The van der Waals surface area contributed by atoms with E-state index in [-0.39, 0.29) is 41.5 Å². The molecule has 23 heavy (non-hydrogen) atoms. The third-order valence-corrected chi connectivity index (χ3v) is 3.80. The van der Waals surface area contributed by atoms with Gasteiger partial charge in [-0.2, -0.15) is 0 Å². The maximum absolute atomic E-state index is 10.8. The fraction of sp³-hybridized carbons (Fsp3) is 0.125. The predicted molar refractivity (Wildman–Crippen MR) is 90.2 cm³/mol. The smallest absolute Gasteiger partial charge is 0.550 e. The third-order valence-electron chi connectivity index (χ3n) is 3.12. The maximum Gasteiger partial charge on any atom is 1.00 e. The first kappa shape index (κ1) is 22.1. The van der Waals surface area contributed by atoms with E-state index < -0.39 is 5.97 Å². The number of nitrogens with two attached hydrogens (primary N) is 1. The molecule has 0 saturated carbocycles. The van der Waals surface area contributed by atoms with Crippen molar-refractivity contribution >= 4 is 40.3 Å². The molecule has 0 amide bonds. The van der Waals surface area contributed by atoms with Crippen LogP contribution >= 0.6 is 23.8 Å². The Morgan fingerprint density at radius 2 is 1.83 bits per heavy atom. The number of rotatable bonds is 4. The van der Waals surface area contributed by atoms with E-state index in [0.717, 1.165) is 11.1 Å². The summed E-state index contributed by atoms with van der Waals surface area (Å²) in [7, 11) is 0. The number of anilines is 1. The van der Waals surface area contributed by atoms with Crippen molar-refractivity contribution in [2.24, 2.45) is 0 Å². The molecule has 0 saturated heterocycles. The van der Waals surface area contributed by atoms with Gasteiger partial charge in [0, 0.05) is 28.7 Å². The van der Waals surface area contributed by atoms with Gasteiger partial charge in [-0.05, 0) is 30.2 Å². The van der Waals surface area contributed by atoms with Gasteiger partial charge in [-0.1, -0.05) is 53.6 Å². The fourth-order valence-electron chi connectivity index (χ4n) is 2.02. The quantitative estimate of drug-likeness (QED) is 0.310. The van der Waals surface area contributed by atoms with Crippen molar-refractivity contribution < 1.29 is 44.9 Å². The van der Waals surface area contributed by atoms with Crippen molar-refractivity contribution in [1.29, 1.82) is 0 Å². The molecule has 2 aromatic carbocycles. The second kappa shape index (κ2) is 9.37. The zero-order valence-corrected chi connectivity index (χ0v) is 16.4. The molecule has 2 rings (SSSR count). The summed E-state index contributed by atoms with van der Waals surface area (Å²) in [6.45, 7) is 1.98. The van der Waals surface area contributed by atoms with Crippen LogP contribution in [0.1, 0.15) is 22.3 Å². The summed E-state index contributed by atoms with van der Waals surface area (Å²) in [5.41, 5.74) is 9.30. The number of hydrogen-bond acceptors (Lipinski definition) is 4. The fourth-order valence-corrected chi connectivity index (χ4v) is 2.57. The topological polar surface area (TPSA) is 97.6 Å². The van der Waals surface area contributed by atoms with Gasteiger partial charge in [0.25, 0.3) is 0 Å². The Bertz CT molecular complexity index is 720. The number of hydrogen-bond donors (Lipinski definition) is 1. The van der Waals surface area contributed by atoms with Crippen LogP contribution in [0.5, 0.6) is 0 Å². The number of nitrogen functional groups attached to an aromatic ring is 1. The van der Waals surface area contributed by atoms with E-state index in [2.05, 4.69) is 0 Å². The SMILES string of the molecule is Cc1ccc(C(=S)c2cc(Cl)cc(CC(=O)[O-])c2N)cc1.O.[Na+]. The number of halogens is 1. The third kappa shape index (κ3) is 5.57. The van der Waals surface area contributed by atoms with Crippen LogP contribution in [0.25, 0.3) is 0 Å². The molecular formula is C16H15ClNNaO3S. The number of aliphatic carboxylic acids is 1. The standard InChI is InChI=1S/C16H14ClNO2S.Na.H2O/c1-9-2-4-10(5-3-9)16(21)13-8-12(17)6-11(15(13)18)7-14(19)20;;/h2-6,8H,7,18H2,1H3,(H,19,20);;1H2/q;+1;/p-1. The van der Waals surface area contributed by atoms with Gasteiger partial charge in [0.15, 0.2) is 0 Å². The molecular weight excluding hydrogens is 345 g/mol. The molecule has 0 aliphatic heterocycles. The zero-order chi connectivity index (χ0) is 15.6. The molecule has 116 valence electrons. The van der Waals surface area contributed by atoms with Gasteiger partial charge >= 0.3 is 29.6 Å². The molecule has 0 unspecified atom stereocenters. The van der Waals surface area contributed by atoms with Crippen molar-refractivity contribution in [3.8, 4) is 0 Å². The van der Waals surface area contributed by atoms with Gasteiger partial charge in [0.1, 0.15) is 0 Å². The Balaban J connectivity index is 0.00000242. The van der Waals surface area contributed by atoms with Crippen LogP contribution in [-0.4, -0.2) is 16.3 Å². The van der Waals surface area contributed by atoms with Crippen LogP contribution in [0.2, 0.25) is 5.02 Å². The van der Waals surface area contributed by atoms with Gasteiger partial charge in [-0.25, -0.2) is 0 Å². The van der Waals surface area contributed by atoms with Crippen molar-refractivity contribution in [3.05, 3.63) is 63.7 Å². The minimum atomic E-state index is -1.21. The van der Waals surface area contributed by atoms with E-state index in [9.17, 15) is 9.90 Å². The minimum absolute atomic E-state index is 0. The van der Waals surface area contributed by atoms with Gasteiger partial charge in [-0.3, -0.25) is 0 Å². The summed E-state index contributed by atoms with van der Waals surface area (Å²) in [5, 5.41) is 11.2. The van der Waals surface area contributed by atoms with Crippen molar-refractivity contribution in [1.82, 2.24) is 0 Å².